The quantitative estimate of drug-likeness (QED) is 0.296. The summed E-state index contributed by atoms with van der Waals surface area (Å²) in [6.45, 7) is 15.4. The summed E-state index contributed by atoms with van der Waals surface area (Å²) in [5.41, 5.74) is 15.0. The molecule has 0 spiro atoms. The van der Waals surface area contributed by atoms with Crippen LogP contribution in [0.15, 0.2) is 24.3 Å². The van der Waals surface area contributed by atoms with Gasteiger partial charge in [-0.1, -0.05) is 13.8 Å². The Hall–Kier alpha value is -2.41. The molecule has 164 valence electrons. The van der Waals surface area contributed by atoms with Crippen LogP contribution in [0.1, 0.15) is 67.2 Å². The van der Waals surface area contributed by atoms with E-state index in [4.69, 9.17) is 9.97 Å². The first-order chi connectivity index (χ1) is 15.0. The monoisotopic (exact) mass is 536 g/mol. The van der Waals surface area contributed by atoms with Crippen LogP contribution in [0.5, 0.6) is 0 Å². The Kier molecular flexibility index (Phi) is 4.89. The van der Waals surface area contributed by atoms with Crippen LogP contribution in [0.25, 0.3) is 33.2 Å². The maximum absolute atomic E-state index is 5.07. The van der Waals surface area contributed by atoms with Gasteiger partial charge in [-0.2, -0.15) is 0 Å². The fourth-order valence-corrected chi connectivity index (χ4v) is 5.20. The second-order valence-corrected chi connectivity index (χ2v) is 10.9. The van der Waals surface area contributed by atoms with Gasteiger partial charge in [-0.05, 0) is 109 Å². The molecule has 2 N–H and O–H groups in total. The number of hydrogen-bond acceptors (Lipinski definition) is 2. The van der Waals surface area contributed by atoms with Gasteiger partial charge in [0.2, 0.25) is 0 Å². The van der Waals surface area contributed by atoms with Gasteiger partial charge >= 0.3 is 0 Å². The molecule has 0 saturated heterocycles. The van der Waals surface area contributed by atoms with Crippen LogP contribution in [-0.2, 0) is 11.8 Å². The van der Waals surface area contributed by atoms with Crippen molar-refractivity contribution in [2.75, 3.05) is 0 Å². The zero-order valence-electron chi connectivity index (χ0n) is 19.8. The van der Waals surface area contributed by atoms with Crippen molar-refractivity contribution in [3.05, 3.63) is 67.3 Å². The van der Waals surface area contributed by atoms with Gasteiger partial charge in [0.25, 0.3) is 0 Å². The van der Waals surface area contributed by atoms with Crippen molar-refractivity contribution in [1.29, 1.82) is 0 Å². The van der Waals surface area contributed by atoms with Crippen molar-refractivity contribution in [2.45, 2.75) is 60.3 Å². The van der Waals surface area contributed by atoms with E-state index in [2.05, 4.69) is 105 Å². The minimum atomic E-state index is -0.00735. The fraction of sp³-hybridized carbons (Fsp3) is 0.333. The van der Waals surface area contributed by atoms with Crippen molar-refractivity contribution < 1.29 is 0 Å². The van der Waals surface area contributed by atoms with E-state index in [1.54, 1.807) is 0 Å². The minimum Gasteiger partial charge on any atom is -0.355 e. The molecule has 8 bridgehead atoms. The molecule has 0 radical (unpaired) electrons. The lowest BCUT2D eigenvalue weighted by molar-refractivity contribution is 0.543. The minimum absolute atomic E-state index is 0.00735. The van der Waals surface area contributed by atoms with Gasteiger partial charge in [0.05, 0.1) is 16.9 Å². The molecular formula is C27H29IN4. The molecule has 2 aliphatic heterocycles. The number of aromatic amines is 2. The normalized spacial score (nSPS) is 15.5. The van der Waals surface area contributed by atoms with Crippen LogP contribution in [0, 0.1) is 24.3 Å². The highest BCUT2D eigenvalue weighted by Gasteiger charge is 2.28. The molecule has 0 amide bonds. The topological polar surface area (TPSA) is 57.4 Å². The summed E-state index contributed by atoms with van der Waals surface area (Å²) in [6, 6.07) is 8.83. The van der Waals surface area contributed by atoms with Crippen LogP contribution in [0.4, 0.5) is 0 Å². The summed E-state index contributed by atoms with van der Waals surface area (Å²) in [7, 11) is 0. The summed E-state index contributed by atoms with van der Waals surface area (Å²) < 4.78 is 1.23. The van der Waals surface area contributed by atoms with Crippen LogP contribution >= 0.6 is 22.6 Å². The standard InChI is InChI=1S/C27H29IN4/c1-13-14(2)20-9-21-15(3)16(4)22(31-21)10-24-26(28)17(5)23(32-24)11-25-27(6,7)12-18(29-25)8-19(13)30-20/h8-11,30,32H,12H2,1-7H3. The Morgan fingerprint density at radius 1 is 0.719 bits per heavy atom. The highest BCUT2D eigenvalue weighted by atomic mass is 127. The summed E-state index contributed by atoms with van der Waals surface area (Å²) in [6.07, 6.45) is 0.927. The molecule has 5 heterocycles. The molecule has 0 aliphatic carbocycles. The van der Waals surface area contributed by atoms with Crippen LogP contribution in [0.2, 0.25) is 0 Å². The molecule has 3 aromatic heterocycles. The number of aryl methyl sites for hydroxylation is 3. The lowest BCUT2D eigenvalue weighted by Gasteiger charge is -2.15. The van der Waals surface area contributed by atoms with Crippen molar-refractivity contribution in [3.8, 4) is 0 Å². The number of hydrogen-bond donors (Lipinski definition) is 2. The lowest BCUT2D eigenvalue weighted by Crippen LogP contribution is -2.14. The van der Waals surface area contributed by atoms with Crippen LogP contribution in [0.3, 0.4) is 0 Å². The van der Waals surface area contributed by atoms with Gasteiger partial charge < -0.3 is 9.97 Å². The number of allylic oxidation sites excluding steroid dienone is 2. The molecule has 5 heteroatoms. The predicted octanol–water partition coefficient (Wildman–Crippen LogP) is 7.32. The van der Waals surface area contributed by atoms with Gasteiger partial charge in [0.1, 0.15) is 0 Å². The van der Waals surface area contributed by atoms with E-state index in [1.165, 1.54) is 31.4 Å². The lowest BCUT2D eigenvalue weighted by atomic mass is 9.87. The third-order valence-electron chi connectivity index (χ3n) is 7.19. The molecule has 4 nitrogen and oxygen atoms in total. The number of aromatic nitrogens is 4. The Labute approximate surface area is 202 Å². The summed E-state index contributed by atoms with van der Waals surface area (Å²) in [5.74, 6) is 0. The Balaban J connectivity index is 1.97. The molecule has 32 heavy (non-hydrogen) atoms. The predicted molar refractivity (Wildman–Crippen MR) is 143 cm³/mol. The number of nitrogens with one attached hydrogen (secondary N) is 2. The van der Waals surface area contributed by atoms with Gasteiger partial charge in [-0.15, -0.1) is 0 Å². The SMILES string of the molecule is CC1=C(C)c2cc3[nH]c(cc4nc(cc5[nH]c(cc1n2)c(C)c5C)CC4(C)C)c(C)c3I. The molecule has 0 unspecified atom stereocenters. The molecule has 3 aromatic rings. The fourth-order valence-electron chi connectivity index (χ4n) is 4.62. The molecule has 0 aromatic carbocycles. The van der Waals surface area contributed by atoms with Crippen LogP contribution < -0.4 is 0 Å². The van der Waals surface area contributed by atoms with E-state index in [9.17, 15) is 0 Å². The maximum Gasteiger partial charge on any atom is 0.0690 e. The van der Waals surface area contributed by atoms with Crippen molar-refractivity contribution in [2.24, 2.45) is 0 Å². The second-order valence-electron chi connectivity index (χ2n) is 9.85. The van der Waals surface area contributed by atoms with E-state index in [0.29, 0.717) is 0 Å². The number of H-pyrrole nitrogens is 2. The zero-order valence-corrected chi connectivity index (χ0v) is 21.9. The summed E-state index contributed by atoms with van der Waals surface area (Å²) in [4.78, 5) is 17.4. The third-order valence-corrected chi connectivity index (χ3v) is 8.58. The summed E-state index contributed by atoms with van der Waals surface area (Å²) >= 11 is 2.44. The van der Waals surface area contributed by atoms with Crippen molar-refractivity contribution >= 4 is 55.8 Å². The first-order valence-corrected chi connectivity index (χ1v) is 12.2. The molecule has 0 atom stereocenters. The van der Waals surface area contributed by atoms with E-state index < -0.39 is 0 Å². The van der Waals surface area contributed by atoms with Gasteiger partial charge in [0, 0.05) is 43.3 Å². The number of halogens is 1. The van der Waals surface area contributed by atoms with Gasteiger partial charge in [-0.3, -0.25) is 4.98 Å². The van der Waals surface area contributed by atoms with E-state index in [-0.39, 0.29) is 5.41 Å². The Bertz CT molecular complexity index is 1480. The van der Waals surface area contributed by atoms with Gasteiger partial charge in [0.15, 0.2) is 0 Å². The average Bonchev–Trinajstić information content (AvgIpc) is 3.35. The van der Waals surface area contributed by atoms with E-state index in [1.807, 2.05) is 0 Å². The number of fused-ring (bicyclic) bond motifs is 8. The van der Waals surface area contributed by atoms with E-state index in [0.717, 1.165) is 51.3 Å². The zero-order chi connectivity index (χ0) is 22.9. The maximum atomic E-state index is 5.07. The van der Waals surface area contributed by atoms with Crippen molar-refractivity contribution in [3.63, 3.8) is 0 Å². The van der Waals surface area contributed by atoms with Crippen LogP contribution in [-0.4, -0.2) is 19.9 Å². The molecule has 0 saturated carbocycles. The Morgan fingerprint density at radius 2 is 1.25 bits per heavy atom. The first-order valence-electron chi connectivity index (χ1n) is 11.1. The number of rotatable bonds is 0. The largest absolute Gasteiger partial charge is 0.355 e. The Morgan fingerprint density at radius 3 is 1.91 bits per heavy atom. The van der Waals surface area contributed by atoms with Gasteiger partial charge in [-0.25, -0.2) is 4.98 Å². The molecule has 2 aliphatic rings. The second kappa shape index (κ2) is 7.30. The average molecular weight is 536 g/mol. The summed E-state index contributed by atoms with van der Waals surface area (Å²) in [5, 5.41) is 0. The number of nitrogens with zero attached hydrogens (tertiary/aromatic N) is 2. The first kappa shape index (κ1) is 21.4. The smallest absolute Gasteiger partial charge is 0.0690 e. The van der Waals surface area contributed by atoms with Crippen molar-refractivity contribution in [1.82, 2.24) is 19.9 Å². The third kappa shape index (κ3) is 3.33. The molecule has 0 fully saturated rings. The highest BCUT2D eigenvalue weighted by Crippen LogP contribution is 2.34. The highest BCUT2D eigenvalue weighted by molar-refractivity contribution is 14.1. The molecular weight excluding hydrogens is 507 g/mol. The van der Waals surface area contributed by atoms with E-state index >= 15 is 0 Å². The molecule has 5 rings (SSSR count).